The van der Waals surface area contributed by atoms with Crippen molar-refractivity contribution in [2.45, 2.75) is 52.5 Å². The molecule has 1 unspecified atom stereocenters. The zero-order valence-corrected chi connectivity index (χ0v) is 16.5. The number of benzene rings is 2. The summed E-state index contributed by atoms with van der Waals surface area (Å²) >= 11 is 6.12. The molecule has 0 bridgehead atoms. The van der Waals surface area contributed by atoms with Crippen LogP contribution >= 0.6 is 11.6 Å². The van der Waals surface area contributed by atoms with Gasteiger partial charge in [-0.15, -0.1) is 0 Å². The van der Waals surface area contributed by atoms with Crippen LogP contribution in [0, 0.1) is 13.8 Å². The van der Waals surface area contributed by atoms with E-state index >= 15 is 0 Å². The molecule has 1 N–H and O–H groups in total. The molecule has 2 nitrogen and oxygen atoms in total. The fraction of sp³-hybridized carbons (Fsp3) is 0.455. The van der Waals surface area contributed by atoms with Gasteiger partial charge in [-0.1, -0.05) is 37.1 Å². The number of hydrogen-bond donors (Lipinski definition) is 1. The maximum atomic E-state index is 10.1. The van der Waals surface area contributed by atoms with Gasteiger partial charge in [-0.2, -0.15) is 0 Å². The Morgan fingerprint density at radius 3 is 2.52 bits per heavy atom. The summed E-state index contributed by atoms with van der Waals surface area (Å²) in [4.78, 5) is 2.39. The van der Waals surface area contributed by atoms with E-state index in [9.17, 15) is 5.11 Å². The fourth-order valence-corrected chi connectivity index (χ4v) is 4.19. The van der Waals surface area contributed by atoms with Crippen LogP contribution in [-0.4, -0.2) is 23.6 Å². The molecule has 0 radical (unpaired) electrons. The third-order valence-corrected chi connectivity index (χ3v) is 5.86. The van der Waals surface area contributed by atoms with Gasteiger partial charge in [0.25, 0.3) is 0 Å². The number of fused-ring (bicyclic) bond motifs is 1. The number of nitrogens with zero attached hydrogens (tertiary/aromatic N) is 1. The maximum absolute atomic E-state index is 10.1. The smallest absolute Gasteiger partial charge is 0.134 e. The molecule has 0 fully saturated rings. The highest BCUT2D eigenvalue weighted by molar-refractivity contribution is 6.32. The van der Waals surface area contributed by atoms with Crippen LogP contribution in [0.4, 0.5) is 0 Å². The van der Waals surface area contributed by atoms with E-state index in [2.05, 4.69) is 44.9 Å². The lowest BCUT2D eigenvalue weighted by Gasteiger charge is -2.35. The molecule has 0 amide bonds. The average molecular weight is 358 g/mol. The summed E-state index contributed by atoms with van der Waals surface area (Å²) < 4.78 is 0. The first-order valence-electron chi connectivity index (χ1n) is 9.21. The van der Waals surface area contributed by atoms with E-state index in [-0.39, 0.29) is 11.8 Å². The predicted molar refractivity (Wildman–Crippen MR) is 106 cm³/mol. The molecule has 0 saturated heterocycles. The Kier molecular flexibility index (Phi) is 5.41. The van der Waals surface area contributed by atoms with Crippen LogP contribution in [0.15, 0.2) is 24.3 Å². The summed E-state index contributed by atoms with van der Waals surface area (Å²) in [5.41, 5.74) is 8.10. The molecular weight excluding hydrogens is 330 g/mol. The van der Waals surface area contributed by atoms with Crippen LogP contribution < -0.4 is 0 Å². The van der Waals surface area contributed by atoms with E-state index in [1.807, 2.05) is 12.1 Å². The second kappa shape index (κ2) is 7.39. The SMILES string of the molecule is CCCc1cc(C)c(CC2c3cc(O)c(Cl)cc3CCN2C)cc1C. The lowest BCUT2D eigenvalue weighted by molar-refractivity contribution is 0.228. The van der Waals surface area contributed by atoms with Gasteiger partial charge in [-0.05, 0) is 85.7 Å². The van der Waals surface area contributed by atoms with Gasteiger partial charge in [0.05, 0.1) is 5.02 Å². The monoisotopic (exact) mass is 357 g/mol. The van der Waals surface area contributed by atoms with Gasteiger partial charge in [-0.3, -0.25) is 4.90 Å². The van der Waals surface area contributed by atoms with Gasteiger partial charge in [0.15, 0.2) is 0 Å². The molecule has 0 saturated carbocycles. The van der Waals surface area contributed by atoms with E-state index in [0.717, 1.165) is 25.8 Å². The molecule has 0 aliphatic carbocycles. The van der Waals surface area contributed by atoms with Crippen LogP contribution in [0.2, 0.25) is 5.02 Å². The number of hydrogen-bond acceptors (Lipinski definition) is 2. The quantitative estimate of drug-likeness (QED) is 0.793. The van der Waals surface area contributed by atoms with Gasteiger partial charge in [-0.25, -0.2) is 0 Å². The van der Waals surface area contributed by atoms with Crippen LogP contribution in [0.25, 0.3) is 0 Å². The van der Waals surface area contributed by atoms with Gasteiger partial charge >= 0.3 is 0 Å². The van der Waals surface area contributed by atoms with E-state index in [1.165, 1.54) is 39.8 Å². The van der Waals surface area contributed by atoms with Crippen molar-refractivity contribution < 1.29 is 5.11 Å². The van der Waals surface area contributed by atoms with Crippen molar-refractivity contribution in [1.82, 2.24) is 4.90 Å². The topological polar surface area (TPSA) is 23.5 Å². The Morgan fingerprint density at radius 2 is 1.80 bits per heavy atom. The first-order chi connectivity index (χ1) is 11.9. The Labute approximate surface area is 156 Å². The fourth-order valence-electron chi connectivity index (χ4n) is 4.00. The molecule has 1 aliphatic rings. The van der Waals surface area contributed by atoms with Crippen LogP contribution in [-0.2, 0) is 19.3 Å². The van der Waals surface area contributed by atoms with Crippen molar-refractivity contribution in [2.24, 2.45) is 0 Å². The average Bonchev–Trinajstić information content (AvgIpc) is 2.56. The Hall–Kier alpha value is -1.51. The van der Waals surface area contributed by atoms with Crippen molar-refractivity contribution in [3.05, 3.63) is 62.7 Å². The molecule has 3 heteroatoms. The van der Waals surface area contributed by atoms with Gasteiger partial charge in [0, 0.05) is 12.6 Å². The third kappa shape index (κ3) is 3.70. The minimum atomic E-state index is 0.187. The van der Waals surface area contributed by atoms with Crippen molar-refractivity contribution >= 4 is 11.6 Å². The summed E-state index contributed by atoms with van der Waals surface area (Å²) in [5, 5.41) is 10.5. The van der Waals surface area contributed by atoms with E-state index in [0.29, 0.717) is 5.02 Å². The normalized spacial score (nSPS) is 17.6. The van der Waals surface area contributed by atoms with Crippen molar-refractivity contribution in [3.8, 4) is 5.75 Å². The number of halogens is 1. The Bertz CT molecular complexity index is 784. The highest BCUT2D eigenvalue weighted by atomic mass is 35.5. The largest absolute Gasteiger partial charge is 0.506 e. The summed E-state index contributed by atoms with van der Waals surface area (Å²) in [5.74, 6) is 0.187. The minimum absolute atomic E-state index is 0.187. The molecule has 25 heavy (non-hydrogen) atoms. The van der Waals surface area contributed by atoms with Gasteiger partial charge < -0.3 is 5.11 Å². The lowest BCUT2D eigenvalue weighted by Crippen LogP contribution is -2.33. The number of phenolic OH excluding ortho intramolecular Hbond substituents is 1. The molecule has 2 aromatic carbocycles. The second-order valence-corrected chi connectivity index (χ2v) is 7.82. The van der Waals surface area contributed by atoms with Crippen molar-refractivity contribution in [2.75, 3.05) is 13.6 Å². The maximum Gasteiger partial charge on any atom is 0.134 e. The number of phenols is 1. The molecule has 134 valence electrons. The Morgan fingerprint density at radius 1 is 1.12 bits per heavy atom. The lowest BCUT2D eigenvalue weighted by atomic mass is 9.86. The molecule has 0 spiro atoms. The molecule has 1 atom stereocenters. The molecule has 3 rings (SSSR count). The second-order valence-electron chi connectivity index (χ2n) is 7.41. The summed E-state index contributed by atoms with van der Waals surface area (Å²) in [6.45, 7) is 7.69. The first kappa shape index (κ1) is 18.3. The third-order valence-electron chi connectivity index (χ3n) is 5.56. The first-order valence-corrected chi connectivity index (χ1v) is 9.59. The molecular formula is C22H28ClNO. The predicted octanol–water partition coefficient (Wildman–Crippen LogP) is 5.39. The molecule has 0 aromatic heterocycles. The van der Waals surface area contributed by atoms with Crippen molar-refractivity contribution in [3.63, 3.8) is 0 Å². The van der Waals surface area contributed by atoms with Crippen LogP contribution in [0.3, 0.4) is 0 Å². The Balaban J connectivity index is 1.96. The van der Waals surface area contributed by atoms with Crippen molar-refractivity contribution in [1.29, 1.82) is 0 Å². The summed E-state index contributed by atoms with van der Waals surface area (Å²) in [6.07, 6.45) is 4.27. The number of likely N-dealkylation sites (N-methyl/N-ethyl adjacent to an activating group) is 1. The summed E-state index contributed by atoms with van der Waals surface area (Å²) in [7, 11) is 2.17. The van der Waals surface area contributed by atoms with E-state index in [1.54, 1.807) is 0 Å². The highest BCUT2D eigenvalue weighted by Gasteiger charge is 2.26. The molecule has 1 heterocycles. The van der Waals surface area contributed by atoms with E-state index < -0.39 is 0 Å². The highest BCUT2D eigenvalue weighted by Crippen LogP contribution is 2.37. The van der Waals surface area contributed by atoms with Crippen LogP contribution in [0.5, 0.6) is 5.75 Å². The van der Waals surface area contributed by atoms with E-state index in [4.69, 9.17) is 11.6 Å². The van der Waals surface area contributed by atoms with Gasteiger partial charge in [0.1, 0.15) is 5.75 Å². The zero-order valence-electron chi connectivity index (χ0n) is 15.7. The number of rotatable bonds is 4. The number of aryl methyl sites for hydroxylation is 3. The minimum Gasteiger partial charge on any atom is -0.506 e. The zero-order chi connectivity index (χ0) is 18.1. The molecule has 2 aromatic rings. The number of aromatic hydroxyl groups is 1. The summed E-state index contributed by atoms with van der Waals surface area (Å²) in [6, 6.07) is 8.80. The van der Waals surface area contributed by atoms with Gasteiger partial charge in [0.2, 0.25) is 0 Å². The standard InChI is InChI=1S/C22H28ClNO/c1-5-6-16-9-15(3)18(10-14(16)2)12-21-19-13-22(25)20(23)11-17(19)7-8-24(21)4/h9-11,13,21,25H,5-8,12H2,1-4H3. The molecule has 1 aliphatic heterocycles. The van der Waals surface area contributed by atoms with Crippen LogP contribution in [0.1, 0.15) is 52.8 Å².